The van der Waals surface area contributed by atoms with Gasteiger partial charge in [0.15, 0.2) is 0 Å². The maximum Gasteiger partial charge on any atom is 0.0900 e. The van der Waals surface area contributed by atoms with Gasteiger partial charge in [-0.25, -0.2) is 0 Å². The van der Waals surface area contributed by atoms with Gasteiger partial charge >= 0.3 is 0 Å². The first-order valence-electron chi connectivity index (χ1n) is 7.81. The Morgan fingerprint density at radius 3 is 2.68 bits per heavy atom. The number of benzene rings is 1. The predicted octanol–water partition coefficient (Wildman–Crippen LogP) is 3.54. The number of rotatable bonds is 10. The summed E-state index contributed by atoms with van der Waals surface area (Å²) in [7, 11) is 0. The molecule has 0 radical (unpaired) electrons. The van der Waals surface area contributed by atoms with Gasteiger partial charge in [-0.2, -0.15) is 11.3 Å². The van der Waals surface area contributed by atoms with Gasteiger partial charge in [0.1, 0.15) is 0 Å². The Balaban J connectivity index is 1.72. The number of ether oxygens (including phenoxy) is 1. The third-order valence-corrected chi connectivity index (χ3v) is 4.15. The summed E-state index contributed by atoms with van der Waals surface area (Å²) in [6, 6.07) is 12.2. The molecule has 0 spiro atoms. The molecule has 0 aliphatic heterocycles. The summed E-state index contributed by atoms with van der Waals surface area (Å²) < 4.78 is 5.62. The van der Waals surface area contributed by atoms with E-state index in [4.69, 9.17) is 4.74 Å². The Labute approximate surface area is 137 Å². The van der Waals surface area contributed by atoms with Gasteiger partial charge in [0.25, 0.3) is 0 Å². The molecule has 120 valence electrons. The van der Waals surface area contributed by atoms with Crippen LogP contribution in [-0.4, -0.2) is 35.8 Å². The Hall–Kier alpha value is -1.20. The summed E-state index contributed by atoms with van der Waals surface area (Å²) >= 11 is 1.72. The lowest BCUT2D eigenvalue weighted by molar-refractivity contribution is 0.00858. The molecule has 0 aliphatic rings. The summed E-state index contributed by atoms with van der Waals surface area (Å²) in [5.74, 6) is 0. The van der Waals surface area contributed by atoms with Crippen LogP contribution in [0.3, 0.4) is 0 Å². The van der Waals surface area contributed by atoms with E-state index in [1.54, 1.807) is 11.3 Å². The minimum atomic E-state index is -0.450. The number of thiophene rings is 1. The maximum atomic E-state index is 10.2. The van der Waals surface area contributed by atoms with Crippen LogP contribution in [0.1, 0.15) is 24.5 Å². The minimum absolute atomic E-state index is 0.374. The van der Waals surface area contributed by atoms with Crippen molar-refractivity contribution in [3.63, 3.8) is 0 Å². The molecule has 1 atom stereocenters. The van der Waals surface area contributed by atoms with Crippen molar-refractivity contribution in [1.29, 1.82) is 0 Å². The van der Waals surface area contributed by atoms with Gasteiger partial charge in [-0.15, -0.1) is 0 Å². The molecule has 3 nitrogen and oxygen atoms in total. The maximum absolute atomic E-state index is 10.2. The lowest BCUT2D eigenvalue weighted by atomic mass is 10.2. The lowest BCUT2D eigenvalue weighted by Crippen LogP contribution is -2.35. The van der Waals surface area contributed by atoms with Gasteiger partial charge in [0.2, 0.25) is 0 Å². The van der Waals surface area contributed by atoms with Gasteiger partial charge in [-0.3, -0.25) is 4.90 Å². The molecule has 0 fully saturated rings. The van der Waals surface area contributed by atoms with E-state index in [1.807, 2.05) is 30.3 Å². The zero-order valence-corrected chi connectivity index (χ0v) is 14.0. The summed E-state index contributed by atoms with van der Waals surface area (Å²) in [5, 5.41) is 14.5. The van der Waals surface area contributed by atoms with E-state index in [0.29, 0.717) is 19.8 Å². The van der Waals surface area contributed by atoms with E-state index in [1.165, 1.54) is 5.56 Å². The normalized spacial score (nSPS) is 12.7. The second-order valence-corrected chi connectivity index (χ2v) is 6.30. The monoisotopic (exact) mass is 319 g/mol. The molecule has 0 aliphatic carbocycles. The molecule has 1 heterocycles. The van der Waals surface area contributed by atoms with Crippen LogP contribution in [0.4, 0.5) is 0 Å². The second kappa shape index (κ2) is 9.74. The van der Waals surface area contributed by atoms with E-state index in [-0.39, 0.29) is 0 Å². The van der Waals surface area contributed by atoms with Crippen LogP contribution in [0.15, 0.2) is 47.2 Å². The number of hydrogen-bond donors (Lipinski definition) is 1. The summed E-state index contributed by atoms with van der Waals surface area (Å²) in [4.78, 5) is 2.29. The molecule has 2 rings (SSSR count). The molecule has 0 bridgehead atoms. The summed E-state index contributed by atoms with van der Waals surface area (Å²) in [6.45, 7) is 5.63. The molecular weight excluding hydrogens is 294 g/mol. The highest BCUT2D eigenvalue weighted by molar-refractivity contribution is 7.07. The Bertz CT molecular complexity index is 501. The third-order valence-electron chi connectivity index (χ3n) is 3.42. The average molecular weight is 319 g/mol. The quantitative estimate of drug-likeness (QED) is 0.727. The first kappa shape index (κ1) is 17.2. The zero-order chi connectivity index (χ0) is 15.6. The molecule has 0 amide bonds. The summed E-state index contributed by atoms with van der Waals surface area (Å²) in [6.07, 6.45) is 0.635. The second-order valence-electron chi connectivity index (χ2n) is 5.52. The fourth-order valence-electron chi connectivity index (χ4n) is 2.43. The number of hydrogen-bond acceptors (Lipinski definition) is 4. The van der Waals surface area contributed by atoms with Gasteiger partial charge in [-0.1, -0.05) is 37.3 Å². The van der Waals surface area contributed by atoms with Crippen molar-refractivity contribution < 1.29 is 9.84 Å². The highest BCUT2D eigenvalue weighted by Gasteiger charge is 2.12. The Morgan fingerprint density at radius 2 is 2.00 bits per heavy atom. The highest BCUT2D eigenvalue weighted by Crippen LogP contribution is 2.10. The molecule has 4 heteroatoms. The van der Waals surface area contributed by atoms with Gasteiger partial charge in [-0.05, 0) is 40.9 Å². The zero-order valence-electron chi connectivity index (χ0n) is 13.1. The molecule has 22 heavy (non-hydrogen) atoms. The van der Waals surface area contributed by atoms with E-state index >= 15 is 0 Å². The van der Waals surface area contributed by atoms with E-state index in [2.05, 4.69) is 28.7 Å². The smallest absolute Gasteiger partial charge is 0.0900 e. The van der Waals surface area contributed by atoms with Gasteiger partial charge < -0.3 is 9.84 Å². The largest absolute Gasteiger partial charge is 0.389 e. The minimum Gasteiger partial charge on any atom is -0.389 e. The van der Waals surface area contributed by atoms with Crippen molar-refractivity contribution in [2.75, 3.05) is 19.7 Å². The van der Waals surface area contributed by atoms with Crippen LogP contribution in [0.2, 0.25) is 0 Å². The van der Waals surface area contributed by atoms with Crippen LogP contribution in [0.5, 0.6) is 0 Å². The fourth-order valence-corrected chi connectivity index (χ4v) is 3.09. The lowest BCUT2D eigenvalue weighted by Gasteiger charge is -2.24. The Morgan fingerprint density at radius 1 is 1.18 bits per heavy atom. The number of aliphatic hydroxyl groups is 1. The SMILES string of the molecule is CCCN(Cc1ccsc1)CC(O)COCc1ccccc1. The van der Waals surface area contributed by atoms with Gasteiger partial charge in [0.05, 0.1) is 19.3 Å². The predicted molar refractivity (Wildman–Crippen MR) is 92.0 cm³/mol. The summed E-state index contributed by atoms with van der Waals surface area (Å²) in [5.41, 5.74) is 2.45. The molecule has 1 unspecified atom stereocenters. The van der Waals surface area contributed by atoms with Crippen molar-refractivity contribution in [3.8, 4) is 0 Å². The van der Waals surface area contributed by atoms with E-state index < -0.39 is 6.10 Å². The fraction of sp³-hybridized carbons (Fsp3) is 0.444. The third kappa shape index (κ3) is 6.28. The number of aliphatic hydroxyl groups excluding tert-OH is 1. The molecule has 1 aromatic carbocycles. The van der Waals surface area contributed by atoms with E-state index in [9.17, 15) is 5.11 Å². The van der Waals surface area contributed by atoms with Crippen molar-refractivity contribution in [2.24, 2.45) is 0 Å². The first-order chi connectivity index (χ1) is 10.8. The van der Waals surface area contributed by atoms with Crippen molar-refractivity contribution in [2.45, 2.75) is 32.6 Å². The highest BCUT2D eigenvalue weighted by atomic mass is 32.1. The van der Waals surface area contributed by atoms with Crippen molar-refractivity contribution in [1.82, 2.24) is 4.90 Å². The molecular formula is C18H25NO2S. The van der Waals surface area contributed by atoms with Crippen LogP contribution < -0.4 is 0 Å². The van der Waals surface area contributed by atoms with Gasteiger partial charge in [0, 0.05) is 13.1 Å². The molecule has 2 aromatic rings. The molecule has 1 N–H and O–H groups in total. The van der Waals surface area contributed by atoms with Crippen LogP contribution >= 0.6 is 11.3 Å². The van der Waals surface area contributed by atoms with E-state index in [0.717, 1.165) is 25.1 Å². The standard InChI is InChI=1S/C18H25NO2S/c1-2-9-19(11-17-8-10-22-15-17)12-18(20)14-21-13-16-6-4-3-5-7-16/h3-8,10,15,18,20H,2,9,11-14H2,1H3. The molecule has 1 aromatic heterocycles. The van der Waals surface area contributed by atoms with Crippen molar-refractivity contribution >= 4 is 11.3 Å². The van der Waals surface area contributed by atoms with Crippen LogP contribution in [0.25, 0.3) is 0 Å². The topological polar surface area (TPSA) is 32.7 Å². The first-order valence-corrected chi connectivity index (χ1v) is 8.75. The Kier molecular flexibility index (Phi) is 7.60. The molecule has 0 saturated carbocycles. The number of nitrogens with zero attached hydrogens (tertiary/aromatic N) is 1. The average Bonchev–Trinajstić information content (AvgIpc) is 3.01. The van der Waals surface area contributed by atoms with Crippen LogP contribution in [0, 0.1) is 0 Å². The van der Waals surface area contributed by atoms with Crippen LogP contribution in [-0.2, 0) is 17.9 Å². The van der Waals surface area contributed by atoms with Crippen molar-refractivity contribution in [3.05, 3.63) is 58.3 Å². The molecule has 0 saturated heterocycles.